The molecule has 1 aliphatic heterocycles. The molecule has 7 nitrogen and oxygen atoms in total. The third kappa shape index (κ3) is 3.64. The summed E-state index contributed by atoms with van der Waals surface area (Å²) in [6.07, 6.45) is 1.31. The molecule has 3 aromatic rings. The minimum Gasteiger partial charge on any atom is -0.486 e. The van der Waals surface area contributed by atoms with E-state index in [1.165, 1.54) is 4.90 Å². The topological polar surface area (TPSA) is 80.9 Å². The van der Waals surface area contributed by atoms with Crippen LogP contribution in [0.3, 0.4) is 0 Å². The highest BCUT2D eigenvalue weighted by Gasteiger charge is 2.24. The number of para-hydroxylation sites is 3. The van der Waals surface area contributed by atoms with Crippen molar-refractivity contribution in [3.05, 3.63) is 60.3 Å². The molecule has 1 N–H and O–H groups in total. The van der Waals surface area contributed by atoms with Gasteiger partial charge in [-0.1, -0.05) is 30.3 Å². The molecule has 0 saturated carbocycles. The van der Waals surface area contributed by atoms with Crippen molar-refractivity contribution in [2.75, 3.05) is 26.8 Å². The smallest absolute Gasteiger partial charge is 0.340 e. The lowest BCUT2D eigenvalue weighted by Crippen LogP contribution is -2.43. The fraction of sp³-hybridized carbons (Fsp3) is 0.238. The molecule has 4 rings (SSSR count). The van der Waals surface area contributed by atoms with Crippen LogP contribution in [-0.4, -0.2) is 54.7 Å². The molecular weight excluding hydrogens is 360 g/mol. The first-order valence-corrected chi connectivity index (χ1v) is 8.97. The zero-order chi connectivity index (χ0) is 19.5. The number of hydrogen-bond acceptors (Lipinski definition) is 5. The molecule has 0 saturated heterocycles. The van der Waals surface area contributed by atoms with Gasteiger partial charge < -0.3 is 24.1 Å². The van der Waals surface area contributed by atoms with E-state index in [0.29, 0.717) is 30.2 Å². The molecule has 144 valence electrons. The molecule has 1 amide bonds. The number of amides is 1. The third-order valence-corrected chi connectivity index (χ3v) is 4.61. The van der Waals surface area contributed by atoms with Gasteiger partial charge in [0.1, 0.15) is 6.61 Å². The highest BCUT2D eigenvalue weighted by molar-refractivity contribution is 6.04. The second-order valence-electron chi connectivity index (χ2n) is 6.60. The van der Waals surface area contributed by atoms with Crippen molar-refractivity contribution in [1.82, 2.24) is 9.88 Å². The summed E-state index contributed by atoms with van der Waals surface area (Å²) in [6.45, 7) is 0.348. The van der Waals surface area contributed by atoms with Crippen molar-refractivity contribution in [2.24, 2.45) is 0 Å². The standard InChI is InChI=1S/C21H20N2O5/c1-23(11-14-12-26-18-8-4-5-9-19(18)28-14)20(24)13-27-21(25)16-10-22-17-7-3-2-6-15(16)17/h2-10,14,22H,11-13H2,1H3/t14-/m0/s1. The summed E-state index contributed by atoms with van der Waals surface area (Å²) in [6, 6.07) is 14.8. The summed E-state index contributed by atoms with van der Waals surface area (Å²) < 4.78 is 16.7. The first-order valence-electron chi connectivity index (χ1n) is 8.97. The molecule has 28 heavy (non-hydrogen) atoms. The van der Waals surface area contributed by atoms with Crippen molar-refractivity contribution in [2.45, 2.75) is 6.10 Å². The van der Waals surface area contributed by atoms with E-state index in [0.717, 1.165) is 10.9 Å². The van der Waals surface area contributed by atoms with E-state index in [1.54, 1.807) is 13.2 Å². The highest BCUT2D eigenvalue weighted by atomic mass is 16.6. The summed E-state index contributed by atoms with van der Waals surface area (Å²) in [5.74, 6) is 0.506. The van der Waals surface area contributed by atoms with Crippen LogP contribution in [0.15, 0.2) is 54.7 Å². The number of benzene rings is 2. The van der Waals surface area contributed by atoms with Crippen LogP contribution in [0.25, 0.3) is 10.9 Å². The van der Waals surface area contributed by atoms with E-state index in [1.807, 2.05) is 48.5 Å². The molecule has 1 atom stereocenters. The Morgan fingerprint density at radius 1 is 1.14 bits per heavy atom. The Morgan fingerprint density at radius 3 is 2.75 bits per heavy atom. The lowest BCUT2D eigenvalue weighted by molar-refractivity contribution is -0.134. The minimum atomic E-state index is -0.537. The third-order valence-electron chi connectivity index (χ3n) is 4.61. The second-order valence-corrected chi connectivity index (χ2v) is 6.60. The Morgan fingerprint density at radius 2 is 1.89 bits per heavy atom. The number of aromatic nitrogens is 1. The van der Waals surface area contributed by atoms with Crippen LogP contribution in [0, 0.1) is 0 Å². The molecule has 2 heterocycles. The largest absolute Gasteiger partial charge is 0.486 e. The number of carbonyl (C=O) groups excluding carboxylic acids is 2. The molecule has 0 bridgehead atoms. The van der Waals surface area contributed by atoms with Gasteiger partial charge in [-0.25, -0.2) is 4.79 Å². The number of hydrogen-bond donors (Lipinski definition) is 1. The number of ether oxygens (including phenoxy) is 3. The maximum Gasteiger partial charge on any atom is 0.340 e. The van der Waals surface area contributed by atoms with Crippen LogP contribution >= 0.6 is 0 Å². The second kappa shape index (κ2) is 7.64. The predicted octanol–water partition coefficient (Wildman–Crippen LogP) is 2.62. The van der Waals surface area contributed by atoms with Gasteiger partial charge in [-0.3, -0.25) is 4.79 Å². The SMILES string of the molecule is CN(C[C@H]1COc2ccccc2O1)C(=O)COC(=O)c1c[nH]c2ccccc12. The van der Waals surface area contributed by atoms with Crippen molar-refractivity contribution >= 4 is 22.8 Å². The van der Waals surface area contributed by atoms with E-state index in [2.05, 4.69) is 4.98 Å². The molecule has 2 aromatic carbocycles. The molecule has 0 fully saturated rings. The Labute approximate surface area is 161 Å². The molecule has 0 aliphatic carbocycles. The van der Waals surface area contributed by atoms with Crippen molar-refractivity contribution < 1.29 is 23.8 Å². The average molecular weight is 380 g/mol. The lowest BCUT2D eigenvalue weighted by Gasteiger charge is -2.29. The van der Waals surface area contributed by atoms with Crippen LogP contribution in [0.4, 0.5) is 0 Å². The van der Waals surface area contributed by atoms with E-state index >= 15 is 0 Å². The number of fused-ring (bicyclic) bond motifs is 2. The number of likely N-dealkylation sites (N-methyl/N-ethyl adjacent to an activating group) is 1. The number of carbonyl (C=O) groups is 2. The number of aromatic amines is 1. The maximum atomic E-state index is 12.3. The van der Waals surface area contributed by atoms with Crippen LogP contribution in [0.5, 0.6) is 11.5 Å². The maximum absolute atomic E-state index is 12.3. The zero-order valence-corrected chi connectivity index (χ0v) is 15.4. The Kier molecular flexibility index (Phi) is 4.89. The van der Waals surface area contributed by atoms with Gasteiger partial charge in [0, 0.05) is 24.1 Å². The number of rotatable bonds is 5. The van der Waals surface area contributed by atoms with E-state index in [9.17, 15) is 9.59 Å². The van der Waals surface area contributed by atoms with Gasteiger partial charge in [-0.15, -0.1) is 0 Å². The van der Waals surface area contributed by atoms with Crippen molar-refractivity contribution in [3.8, 4) is 11.5 Å². The molecule has 1 aromatic heterocycles. The summed E-state index contributed by atoms with van der Waals surface area (Å²) >= 11 is 0. The molecule has 0 spiro atoms. The molecule has 1 aliphatic rings. The number of nitrogens with one attached hydrogen (secondary N) is 1. The van der Waals surface area contributed by atoms with Gasteiger partial charge in [0.05, 0.1) is 12.1 Å². The first kappa shape index (κ1) is 17.9. The van der Waals surface area contributed by atoms with Gasteiger partial charge in [-0.05, 0) is 18.2 Å². The summed E-state index contributed by atoms with van der Waals surface area (Å²) in [7, 11) is 1.64. The van der Waals surface area contributed by atoms with E-state index in [4.69, 9.17) is 14.2 Å². The Bertz CT molecular complexity index is 1010. The van der Waals surface area contributed by atoms with Gasteiger partial charge >= 0.3 is 5.97 Å². The van der Waals surface area contributed by atoms with E-state index in [-0.39, 0.29) is 18.6 Å². The van der Waals surface area contributed by atoms with Gasteiger partial charge in [0.2, 0.25) is 0 Å². The monoisotopic (exact) mass is 380 g/mol. The van der Waals surface area contributed by atoms with E-state index < -0.39 is 5.97 Å². The van der Waals surface area contributed by atoms with Crippen LogP contribution in [0.2, 0.25) is 0 Å². The normalized spacial score (nSPS) is 15.2. The zero-order valence-electron chi connectivity index (χ0n) is 15.4. The van der Waals surface area contributed by atoms with Gasteiger partial charge in [0.25, 0.3) is 5.91 Å². The highest BCUT2D eigenvalue weighted by Crippen LogP contribution is 2.30. The quantitative estimate of drug-likeness (QED) is 0.688. The Balaban J connectivity index is 1.31. The Hall–Kier alpha value is -3.48. The first-order chi connectivity index (χ1) is 13.6. The summed E-state index contributed by atoms with van der Waals surface area (Å²) in [5.41, 5.74) is 1.25. The number of H-pyrrole nitrogens is 1. The molecule has 7 heteroatoms. The van der Waals surface area contributed by atoms with Gasteiger partial charge in [-0.2, -0.15) is 0 Å². The van der Waals surface area contributed by atoms with Crippen LogP contribution in [0.1, 0.15) is 10.4 Å². The molecule has 0 radical (unpaired) electrons. The van der Waals surface area contributed by atoms with Crippen LogP contribution < -0.4 is 9.47 Å². The summed E-state index contributed by atoms with van der Waals surface area (Å²) in [5, 5.41) is 0.764. The van der Waals surface area contributed by atoms with Crippen molar-refractivity contribution in [3.63, 3.8) is 0 Å². The fourth-order valence-electron chi connectivity index (χ4n) is 3.12. The number of esters is 1. The van der Waals surface area contributed by atoms with Gasteiger partial charge in [0.15, 0.2) is 24.2 Å². The lowest BCUT2D eigenvalue weighted by atomic mass is 10.2. The summed E-state index contributed by atoms with van der Waals surface area (Å²) in [4.78, 5) is 29.2. The van der Waals surface area contributed by atoms with Crippen molar-refractivity contribution in [1.29, 1.82) is 0 Å². The predicted molar refractivity (Wildman–Crippen MR) is 103 cm³/mol. The minimum absolute atomic E-state index is 0.284. The van der Waals surface area contributed by atoms with Crippen LogP contribution in [-0.2, 0) is 9.53 Å². The molecule has 0 unspecified atom stereocenters. The molecular formula is C21H20N2O5. The average Bonchev–Trinajstić information content (AvgIpc) is 3.16. The number of nitrogens with zero attached hydrogens (tertiary/aromatic N) is 1. The fourth-order valence-corrected chi connectivity index (χ4v) is 3.12.